The third-order valence-corrected chi connectivity index (χ3v) is 5.98. The number of hydrogen-bond donors (Lipinski definition) is 2. The number of pyridine rings is 1. The number of halogens is 2. The summed E-state index contributed by atoms with van der Waals surface area (Å²) in [5, 5.41) is 6.37. The molecule has 0 aliphatic rings. The Labute approximate surface area is 201 Å². The first kappa shape index (κ1) is 24.1. The fourth-order valence-electron chi connectivity index (χ4n) is 3.09. The highest BCUT2D eigenvalue weighted by molar-refractivity contribution is 7.98. The molecule has 8 heteroatoms. The number of nitrogens with one attached hydrogen (secondary N) is 2. The van der Waals surface area contributed by atoms with E-state index >= 15 is 0 Å². The van der Waals surface area contributed by atoms with Crippen molar-refractivity contribution < 1.29 is 9.59 Å². The van der Waals surface area contributed by atoms with Crippen LogP contribution in [0.2, 0.25) is 10.0 Å². The summed E-state index contributed by atoms with van der Waals surface area (Å²) < 4.78 is 0. The van der Waals surface area contributed by atoms with E-state index in [9.17, 15) is 9.59 Å². The fourth-order valence-corrected chi connectivity index (χ4v) is 4.05. The van der Waals surface area contributed by atoms with Gasteiger partial charge in [-0.1, -0.05) is 35.3 Å². The number of carbonyl (C=O) groups excluding carboxylic acids is 2. The lowest BCUT2D eigenvalue weighted by Gasteiger charge is -2.19. The van der Waals surface area contributed by atoms with Gasteiger partial charge in [-0.05, 0) is 78.4 Å². The minimum atomic E-state index is -0.696. The molecule has 0 spiro atoms. The highest BCUT2D eigenvalue weighted by Crippen LogP contribution is 2.21. The summed E-state index contributed by atoms with van der Waals surface area (Å²) in [5.41, 5.74) is 3.23. The Morgan fingerprint density at radius 1 is 1.00 bits per heavy atom. The van der Waals surface area contributed by atoms with Crippen LogP contribution in [-0.2, 0) is 11.2 Å². The van der Waals surface area contributed by atoms with E-state index in [1.807, 2.05) is 42.7 Å². The van der Waals surface area contributed by atoms with Crippen LogP contribution in [0.3, 0.4) is 0 Å². The molecule has 1 unspecified atom stereocenters. The van der Waals surface area contributed by atoms with Crippen molar-refractivity contribution in [1.82, 2.24) is 10.3 Å². The second-order valence-electron chi connectivity index (χ2n) is 7.15. The van der Waals surface area contributed by atoms with Crippen LogP contribution >= 0.6 is 35.0 Å². The lowest BCUT2D eigenvalue weighted by atomic mass is 10.1. The topological polar surface area (TPSA) is 71.1 Å². The molecule has 0 aliphatic heterocycles. The number of benzene rings is 2. The van der Waals surface area contributed by atoms with Crippen molar-refractivity contribution >= 4 is 52.5 Å². The van der Waals surface area contributed by atoms with Gasteiger partial charge in [0.2, 0.25) is 5.91 Å². The molecule has 1 heterocycles. The van der Waals surface area contributed by atoms with E-state index in [4.69, 9.17) is 23.2 Å². The van der Waals surface area contributed by atoms with Crippen LogP contribution in [0.25, 0.3) is 0 Å². The quantitative estimate of drug-likeness (QED) is 0.419. The van der Waals surface area contributed by atoms with Gasteiger partial charge in [0.1, 0.15) is 6.04 Å². The lowest BCUT2D eigenvalue weighted by Crippen LogP contribution is -2.44. The van der Waals surface area contributed by atoms with Gasteiger partial charge in [0.25, 0.3) is 5.91 Å². The number of anilines is 1. The molecule has 5 nitrogen and oxygen atoms in total. The molecule has 0 saturated carbocycles. The number of amides is 2. The number of hydrogen-bond acceptors (Lipinski definition) is 4. The van der Waals surface area contributed by atoms with Crippen LogP contribution in [0.15, 0.2) is 67.0 Å². The fraction of sp³-hybridized carbons (Fsp3) is 0.208. The predicted octanol–water partition coefficient (Wildman–Crippen LogP) is 5.47. The number of rotatable bonds is 9. The van der Waals surface area contributed by atoms with Crippen molar-refractivity contribution in [2.24, 2.45) is 0 Å². The summed E-state index contributed by atoms with van der Waals surface area (Å²) in [6.45, 7) is 0. The van der Waals surface area contributed by atoms with E-state index in [2.05, 4.69) is 15.6 Å². The molecule has 0 aliphatic carbocycles. The summed E-state index contributed by atoms with van der Waals surface area (Å²) in [6.07, 6.45) is 6.76. The van der Waals surface area contributed by atoms with E-state index in [1.54, 1.807) is 36.3 Å². The van der Waals surface area contributed by atoms with Gasteiger partial charge in [-0.2, -0.15) is 11.8 Å². The van der Waals surface area contributed by atoms with Crippen molar-refractivity contribution in [2.75, 3.05) is 17.3 Å². The van der Waals surface area contributed by atoms with Crippen molar-refractivity contribution in [1.29, 1.82) is 0 Å². The minimum absolute atomic E-state index is 0.240. The maximum Gasteiger partial charge on any atom is 0.253 e. The number of nitrogens with zero attached hydrogens (tertiary/aromatic N) is 1. The molecule has 0 fully saturated rings. The van der Waals surface area contributed by atoms with Gasteiger partial charge in [-0.15, -0.1) is 0 Å². The molecular weight excluding hydrogens is 465 g/mol. The highest BCUT2D eigenvalue weighted by atomic mass is 35.5. The largest absolute Gasteiger partial charge is 0.340 e. The van der Waals surface area contributed by atoms with E-state index < -0.39 is 11.9 Å². The van der Waals surface area contributed by atoms with E-state index in [1.165, 1.54) is 6.07 Å². The number of thioether (sulfide) groups is 1. The SMILES string of the molecule is CSCCC(NC(=O)c1ccc(Cl)cc1Cl)C(=O)Nc1ccc(Cc2ccncc2)cc1. The summed E-state index contributed by atoms with van der Waals surface area (Å²) in [5.74, 6) is 0.0254. The van der Waals surface area contributed by atoms with Gasteiger partial charge < -0.3 is 10.6 Å². The Morgan fingerprint density at radius 2 is 1.69 bits per heavy atom. The number of carbonyl (C=O) groups is 2. The summed E-state index contributed by atoms with van der Waals surface area (Å²) in [4.78, 5) is 29.6. The maximum atomic E-state index is 12.9. The Morgan fingerprint density at radius 3 is 2.34 bits per heavy atom. The zero-order valence-corrected chi connectivity index (χ0v) is 19.8. The molecule has 0 bridgehead atoms. The molecule has 32 heavy (non-hydrogen) atoms. The van der Waals surface area contributed by atoms with Gasteiger partial charge >= 0.3 is 0 Å². The molecule has 3 rings (SSSR count). The Bertz CT molecular complexity index is 1060. The normalized spacial score (nSPS) is 11.6. The van der Waals surface area contributed by atoms with E-state index in [0.29, 0.717) is 17.1 Å². The van der Waals surface area contributed by atoms with Crippen molar-refractivity contribution in [3.63, 3.8) is 0 Å². The summed E-state index contributed by atoms with van der Waals surface area (Å²) in [7, 11) is 0. The van der Waals surface area contributed by atoms with Crippen molar-refractivity contribution in [2.45, 2.75) is 18.9 Å². The van der Waals surface area contributed by atoms with Crippen LogP contribution in [0, 0.1) is 0 Å². The first-order valence-electron chi connectivity index (χ1n) is 10.00. The van der Waals surface area contributed by atoms with E-state index in [-0.39, 0.29) is 16.5 Å². The molecule has 0 saturated heterocycles. The van der Waals surface area contributed by atoms with Gasteiger partial charge in [0.15, 0.2) is 0 Å². The van der Waals surface area contributed by atoms with Gasteiger partial charge in [-0.25, -0.2) is 0 Å². The van der Waals surface area contributed by atoms with Gasteiger partial charge in [0.05, 0.1) is 10.6 Å². The molecule has 2 N–H and O–H groups in total. The molecule has 0 radical (unpaired) electrons. The van der Waals surface area contributed by atoms with Crippen molar-refractivity contribution in [3.05, 3.63) is 93.7 Å². The standard InChI is InChI=1S/C24H23Cl2N3O2S/c1-32-13-10-22(29-23(30)20-7-4-18(25)15-21(20)26)24(31)28-19-5-2-16(3-6-19)14-17-8-11-27-12-9-17/h2-9,11-12,15,22H,10,13-14H2,1H3,(H,28,31)(H,29,30). The Balaban J connectivity index is 1.65. The second kappa shape index (κ2) is 11.9. The Hall–Kier alpha value is -2.54. The molecule has 2 aromatic carbocycles. The van der Waals surface area contributed by atoms with Gasteiger partial charge in [0, 0.05) is 23.1 Å². The van der Waals surface area contributed by atoms with Crippen molar-refractivity contribution in [3.8, 4) is 0 Å². The van der Waals surface area contributed by atoms with Crippen LogP contribution < -0.4 is 10.6 Å². The number of aromatic nitrogens is 1. The average Bonchev–Trinajstić information content (AvgIpc) is 2.78. The van der Waals surface area contributed by atoms with Crippen LogP contribution in [0.4, 0.5) is 5.69 Å². The minimum Gasteiger partial charge on any atom is -0.340 e. The molecule has 1 aromatic heterocycles. The van der Waals surface area contributed by atoms with E-state index in [0.717, 1.165) is 23.3 Å². The zero-order chi connectivity index (χ0) is 22.9. The highest BCUT2D eigenvalue weighted by Gasteiger charge is 2.22. The average molecular weight is 488 g/mol. The van der Waals surface area contributed by atoms with Gasteiger partial charge in [-0.3, -0.25) is 14.6 Å². The van der Waals surface area contributed by atoms with Crippen LogP contribution in [0.5, 0.6) is 0 Å². The zero-order valence-electron chi connectivity index (χ0n) is 17.5. The van der Waals surface area contributed by atoms with Crippen LogP contribution in [0.1, 0.15) is 27.9 Å². The molecular formula is C24H23Cl2N3O2S. The first-order valence-corrected chi connectivity index (χ1v) is 12.1. The monoisotopic (exact) mass is 487 g/mol. The first-order chi connectivity index (χ1) is 15.5. The molecule has 166 valence electrons. The predicted molar refractivity (Wildman–Crippen MR) is 133 cm³/mol. The third-order valence-electron chi connectivity index (χ3n) is 4.79. The molecule has 2 amide bonds. The third kappa shape index (κ3) is 6.99. The maximum absolute atomic E-state index is 12.9. The molecule has 3 aromatic rings. The Kier molecular flexibility index (Phi) is 8.97. The lowest BCUT2D eigenvalue weighted by molar-refractivity contribution is -0.118. The smallest absolute Gasteiger partial charge is 0.253 e. The summed E-state index contributed by atoms with van der Waals surface area (Å²) in [6, 6.07) is 15.6. The second-order valence-corrected chi connectivity index (χ2v) is 8.98. The van der Waals surface area contributed by atoms with Crippen LogP contribution in [-0.4, -0.2) is 34.8 Å². The summed E-state index contributed by atoms with van der Waals surface area (Å²) >= 11 is 13.7. The molecule has 1 atom stereocenters.